The Kier molecular flexibility index (Phi) is 4.03. The summed E-state index contributed by atoms with van der Waals surface area (Å²) in [5, 5.41) is 0. The zero-order valence-corrected chi connectivity index (χ0v) is 12.2. The average Bonchev–Trinajstić information content (AvgIpc) is 2.70. The Bertz CT molecular complexity index is 445. The molecule has 0 unspecified atom stereocenters. The van der Waals surface area contributed by atoms with Crippen LogP contribution in [0.2, 0.25) is 0 Å². The summed E-state index contributed by atoms with van der Waals surface area (Å²) in [7, 11) is 0. The molecule has 0 spiro atoms. The first-order chi connectivity index (χ1) is 7.83. The number of fused-ring (bicyclic) bond motifs is 1. The SMILES string of the molecule is CCN(C[CH]=[W])Cc1nc2ccccc2[nH]1. The predicted octanol–water partition coefficient (Wildman–Crippen LogP) is 1.73. The molecule has 0 bridgehead atoms. The Morgan fingerprint density at radius 2 is 2.25 bits per heavy atom. The fourth-order valence-corrected chi connectivity index (χ4v) is 2.46. The van der Waals surface area contributed by atoms with Crippen LogP contribution in [0.5, 0.6) is 0 Å². The summed E-state index contributed by atoms with van der Waals surface area (Å²) in [6.07, 6.45) is 0. The molecular weight excluding hydrogens is 370 g/mol. The summed E-state index contributed by atoms with van der Waals surface area (Å²) in [6, 6.07) is 8.17. The van der Waals surface area contributed by atoms with Gasteiger partial charge in [-0.05, 0) is 0 Å². The van der Waals surface area contributed by atoms with Gasteiger partial charge in [-0.15, -0.1) is 0 Å². The van der Waals surface area contributed by atoms with Crippen molar-refractivity contribution in [2.24, 2.45) is 0 Å². The van der Waals surface area contributed by atoms with Crippen molar-refractivity contribution in [1.29, 1.82) is 0 Å². The number of nitrogens with one attached hydrogen (secondary N) is 1. The molecule has 16 heavy (non-hydrogen) atoms. The monoisotopic (exact) mass is 385 g/mol. The van der Waals surface area contributed by atoms with Crippen LogP contribution in [0.1, 0.15) is 12.7 Å². The number of benzene rings is 1. The van der Waals surface area contributed by atoms with Crippen LogP contribution in [-0.4, -0.2) is 32.4 Å². The van der Waals surface area contributed by atoms with Crippen molar-refractivity contribution in [3.63, 3.8) is 0 Å². The molecule has 0 saturated heterocycles. The Morgan fingerprint density at radius 1 is 1.44 bits per heavy atom. The van der Waals surface area contributed by atoms with Gasteiger partial charge in [-0.2, -0.15) is 0 Å². The topological polar surface area (TPSA) is 31.9 Å². The predicted molar refractivity (Wildman–Crippen MR) is 63.1 cm³/mol. The van der Waals surface area contributed by atoms with Gasteiger partial charge in [0.2, 0.25) is 0 Å². The van der Waals surface area contributed by atoms with Gasteiger partial charge in [0, 0.05) is 0 Å². The van der Waals surface area contributed by atoms with Gasteiger partial charge in [0.25, 0.3) is 0 Å². The van der Waals surface area contributed by atoms with Gasteiger partial charge in [-0.3, -0.25) is 0 Å². The number of aromatic amines is 1. The standard InChI is InChI=1S/C12H15N3.W/c1-3-15(4-2)9-12-13-10-7-5-6-8-11(10)14-12;/h1,5-8H,3-4,9H2,2H3,(H,13,14);. The number of hydrogen-bond acceptors (Lipinski definition) is 2. The first-order valence-electron chi connectivity index (χ1n) is 5.43. The van der Waals surface area contributed by atoms with Crippen LogP contribution in [0.3, 0.4) is 0 Å². The summed E-state index contributed by atoms with van der Waals surface area (Å²) in [4.78, 5) is 10.3. The van der Waals surface area contributed by atoms with Gasteiger partial charge >= 0.3 is 106 Å². The van der Waals surface area contributed by atoms with E-state index < -0.39 is 0 Å². The van der Waals surface area contributed by atoms with Gasteiger partial charge in [-0.1, -0.05) is 0 Å². The Hall–Kier alpha value is -0.792. The van der Waals surface area contributed by atoms with Crippen molar-refractivity contribution >= 4 is 15.4 Å². The van der Waals surface area contributed by atoms with E-state index in [4.69, 9.17) is 0 Å². The van der Waals surface area contributed by atoms with Crippen molar-refractivity contribution in [3.8, 4) is 0 Å². The van der Waals surface area contributed by atoms with E-state index >= 15 is 0 Å². The van der Waals surface area contributed by atoms with Gasteiger partial charge < -0.3 is 0 Å². The normalized spacial score (nSPS) is 11.1. The summed E-state index contributed by atoms with van der Waals surface area (Å²) in [5.41, 5.74) is 2.18. The van der Waals surface area contributed by atoms with Crippen molar-refractivity contribution in [2.45, 2.75) is 13.5 Å². The van der Waals surface area contributed by atoms with Crippen molar-refractivity contribution in [2.75, 3.05) is 13.1 Å². The molecule has 2 aromatic rings. The van der Waals surface area contributed by atoms with E-state index in [0.29, 0.717) is 0 Å². The minimum absolute atomic E-state index is 0.898. The van der Waals surface area contributed by atoms with E-state index in [0.717, 1.165) is 36.5 Å². The number of hydrogen-bond donors (Lipinski definition) is 1. The van der Waals surface area contributed by atoms with Crippen molar-refractivity contribution < 1.29 is 19.4 Å². The maximum atomic E-state index is 4.58. The van der Waals surface area contributed by atoms with E-state index in [1.54, 1.807) is 0 Å². The number of aromatic nitrogens is 2. The number of para-hydroxylation sites is 2. The third-order valence-corrected chi connectivity index (χ3v) is 3.13. The van der Waals surface area contributed by atoms with Crippen LogP contribution < -0.4 is 0 Å². The second-order valence-electron chi connectivity index (χ2n) is 3.70. The molecule has 4 heteroatoms. The third kappa shape index (κ3) is 2.66. The molecule has 0 atom stereocenters. The Labute approximate surface area is 106 Å². The molecule has 1 aromatic heterocycles. The number of nitrogens with zero attached hydrogens (tertiary/aromatic N) is 2. The number of rotatable bonds is 5. The molecule has 0 aliphatic rings. The van der Waals surface area contributed by atoms with E-state index in [1.165, 1.54) is 19.4 Å². The summed E-state index contributed by atoms with van der Waals surface area (Å²) < 4.78 is 2.26. The average molecular weight is 385 g/mol. The van der Waals surface area contributed by atoms with E-state index in [9.17, 15) is 0 Å². The molecule has 0 fully saturated rings. The molecular formula is C12H15N3W. The minimum atomic E-state index is 0.898. The zero-order chi connectivity index (χ0) is 11.4. The first kappa shape index (κ1) is 11.7. The summed E-state index contributed by atoms with van der Waals surface area (Å²) in [5.74, 6) is 1.06. The molecule has 1 aromatic carbocycles. The maximum absolute atomic E-state index is 4.58. The second kappa shape index (κ2) is 5.51. The van der Waals surface area contributed by atoms with Gasteiger partial charge in [0.15, 0.2) is 0 Å². The quantitative estimate of drug-likeness (QED) is 0.851. The Balaban J connectivity index is 2.17. The molecule has 1 heterocycles. The number of imidazole rings is 1. The summed E-state index contributed by atoms with van der Waals surface area (Å²) >= 11 is 1.53. The Morgan fingerprint density at radius 3 is 2.94 bits per heavy atom. The summed E-state index contributed by atoms with van der Waals surface area (Å²) in [6.45, 7) is 5.18. The van der Waals surface area contributed by atoms with Crippen LogP contribution in [0.15, 0.2) is 24.3 Å². The zero-order valence-electron chi connectivity index (χ0n) is 9.31. The molecule has 0 amide bonds. The molecule has 0 aliphatic carbocycles. The van der Waals surface area contributed by atoms with Crippen LogP contribution >= 0.6 is 0 Å². The third-order valence-electron chi connectivity index (χ3n) is 2.59. The van der Waals surface area contributed by atoms with E-state index in [-0.39, 0.29) is 0 Å². The fraction of sp³-hybridized carbons (Fsp3) is 0.333. The van der Waals surface area contributed by atoms with Crippen molar-refractivity contribution in [1.82, 2.24) is 14.9 Å². The second-order valence-corrected chi connectivity index (χ2v) is 4.89. The molecule has 0 saturated carbocycles. The fourth-order valence-electron chi connectivity index (χ4n) is 1.70. The molecule has 3 nitrogen and oxygen atoms in total. The van der Waals surface area contributed by atoms with Gasteiger partial charge in [0.1, 0.15) is 0 Å². The molecule has 0 aliphatic heterocycles. The van der Waals surface area contributed by atoms with Crippen LogP contribution in [0.4, 0.5) is 0 Å². The first-order valence-corrected chi connectivity index (χ1v) is 7.12. The van der Waals surface area contributed by atoms with Crippen LogP contribution in [0.25, 0.3) is 11.0 Å². The van der Waals surface area contributed by atoms with E-state index in [1.807, 2.05) is 18.2 Å². The molecule has 0 radical (unpaired) electrons. The van der Waals surface area contributed by atoms with E-state index in [2.05, 4.69) is 32.3 Å². The van der Waals surface area contributed by atoms with Gasteiger partial charge in [-0.25, -0.2) is 0 Å². The van der Waals surface area contributed by atoms with Crippen LogP contribution in [-0.2, 0) is 25.9 Å². The van der Waals surface area contributed by atoms with Gasteiger partial charge in [0.05, 0.1) is 0 Å². The number of H-pyrrole nitrogens is 1. The molecule has 2 rings (SSSR count). The van der Waals surface area contributed by atoms with Crippen molar-refractivity contribution in [3.05, 3.63) is 30.1 Å². The molecule has 1 N–H and O–H groups in total. The molecule has 84 valence electrons. The van der Waals surface area contributed by atoms with Crippen LogP contribution in [0, 0.1) is 0 Å².